The van der Waals surface area contributed by atoms with E-state index in [1.165, 1.54) is 32.4 Å². The molecular formula is C31H23F8NO3. The molecule has 1 unspecified atom stereocenters. The third-order valence-corrected chi connectivity index (χ3v) is 6.77. The highest BCUT2D eigenvalue weighted by Crippen LogP contribution is 2.41. The zero-order chi connectivity index (χ0) is 31.6. The second-order valence-corrected chi connectivity index (χ2v) is 9.51. The number of nitrogens with one attached hydrogen (secondary N) is 1. The molecule has 0 spiro atoms. The first-order valence-corrected chi connectivity index (χ1v) is 12.5. The van der Waals surface area contributed by atoms with Crippen molar-refractivity contribution in [2.75, 3.05) is 14.2 Å². The molecule has 43 heavy (non-hydrogen) atoms. The van der Waals surface area contributed by atoms with Crippen molar-refractivity contribution in [1.29, 1.82) is 0 Å². The van der Waals surface area contributed by atoms with Gasteiger partial charge in [-0.15, -0.1) is 0 Å². The van der Waals surface area contributed by atoms with Crippen molar-refractivity contribution in [3.05, 3.63) is 130 Å². The van der Waals surface area contributed by atoms with Gasteiger partial charge in [0.05, 0.1) is 30.9 Å². The average molecular weight is 610 g/mol. The molecule has 1 N–H and O–H groups in total. The van der Waals surface area contributed by atoms with Gasteiger partial charge in [-0.25, -0.2) is 8.78 Å². The SMILES string of the molecule is COc1ccc(C(Cc2ccccc2)(NC(=O)c2ccc(F)c(C(F)(F)F)c2)c2cc(F)cc(C(F)(F)F)c2)cc1OC. The van der Waals surface area contributed by atoms with E-state index in [0.29, 0.717) is 23.8 Å². The van der Waals surface area contributed by atoms with E-state index in [1.54, 1.807) is 30.3 Å². The summed E-state index contributed by atoms with van der Waals surface area (Å²) in [5.74, 6) is -3.79. The van der Waals surface area contributed by atoms with Crippen molar-refractivity contribution in [2.24, 2.45) is 0 Å². The summed E-state index contributed by atoms with van der Waals surface area (Å²) in [7, 11) is 2.63. The minimum absolute atomic E-state index is 0.0826. The number of methoxy groups -OCH3 is 2. The van der Waals surface area contributed by atoms with Crippen LogP contribution in [0.15, 0.2) is 84.9 Å². The first-order chi connectivity index (χ1) is 20.2. The summed E-state index contributed by atoms with van der Waals surface area (Å²) in [6, 6.07) is 15.5. The molecule has 226 valence electrons. The Bertz CT molecular complexity index is 1620. The molecule has 0 aliphatic carbocycles. The molecule has 4 rings (SSSR count). The van der Waals surface area contributed by atoms with Gasteiger partial charge < -0.3 is 14.8 Å². The number of hydrogen-bond acceptors (Lipinski definition) is 3. The number of benzene rings is 4. The van der Waals surface area contributed by atoms with Crippen molar-refractivity contribution < 1.29 is 49.4 Å². The molecule has 0 bridgehead atoms. The van der Waals surface area contributed by atoms with Gasteiger partial charge in [-0.3, -0.25) is 4.79 Å². The Kier molecular flexibility index (Phi) is 8.70. The van der Waals surface area contributed by atoms with E-state index in [0.717, 1.165) is 12.1 Å². The Morgan fingerprint density at radius 3 is 1.95 bits per heavy atom. The monoisotopic (exact) mass is 609 g/mol. The van der Waals surface area contributed by atoms with Crippen molar-refractivity contribution in [3.8, 4) is 11.5 Å². The molecular weight excluding hydrogens is 586 g/mol. The molecule has 0 fully saturated rings. The van der Waals surface area contributed by atoms with Crippen LogP contribution in [-0.2, 0) is 24.3 Å². The lowest BCUT2D eigenvalue weighted by Gasteiger charge is -2.37. The van der Waals surface area contributed by atoms with E-state index in [1.807, 2.05) is 0 Å². The Labute approximate surface area is 240 Å². The highest BCUT2D eigenvalue weighted by Gasteiger charge is 2.41. The first-order valence-electron chi connectivity index (χ1n) is 12.5. The van der Waals surface area contributed by atoms with Gasteiger partial charge in [0, 0.05) is 12.0 Å². The van der Waals surface area contributed by atoms with E-state index in [4.69, 9.17) is 9.47 Å². The number of carbonyl (C=O) groups is 1. The average Bonchev–Trinajstić information content (AvgIpc) is 2.95. The van der Waals surface area contributed by atoms with Crippen molar-refractivity contribution >= 4 is 5.91 Å². The fraction of sp³-hybridized carbons (Fsp3) is 0.194. The van der Waals surface area contributed by atoms with Gasteiger partial charge in [0.2, 0.25) is 0 Å². The van der Waals surface area contributed by atoms with Gasteiger partial charge in [-0.2, -0.15) is 26.3 Å². The highest BCUT2D eigenvalue weighted by atomic mass is 19.4. The Balaban J connectivity index is 2.03. The number of carbonyl (C=O) groups excluding carboxylic acids is 1. The van der Waals surface area contributed by atoms with Crippen LogP contribution in [0.25, 0.3) is 0 Å². The number of rotatable bonds is 8. The molecule has 4 aromatic rings. The summed E-state index contributed by atoms with van der Waals surface area (Å²) in [4.78, 5) is 13.7. The summed E-state index contributed by atoms with van der Waals surface area (Å²) in [5.41, 5.74) is -5.58. The molecule has 0 heterocycles. The third kappa shape index (κ3) is 6.73. The summed E-state index contributed by atoms with van der Waals surface area (Å²) in [5, 5.41) is 2.56. The van der Waals surface area contributed by atoms with E-state index in [2.05, 4.69) is 5.32 Å². The molecule has 4 nitrogen and oxygen atoms in total. The van der Waals surface area contributed by atoms with Crippen LogP contribution in [0.4, 0.5) is 35.1 Å². The maximum Gasteiger partial charge on any atom is 0.419 e. The fourth-order valence-electron chi connectivity index (χ4n) is 4.71. The number of ether oxygens (including phenoxy) is 2. The third-order valence-electron chi connectivity index (χ3n) is 6.77. The molecule has 0 aromatic heterocycles. The van der Waals surface area contributed by atoms with Crippen LogP contribution in [-0.4, -0.2) is 20.1 Å². The van der Waals surface area contributed by atoms with Crippen LogP contribution in [0.1, 0.15) is 38.2 Å². The Hall–Kier alpha value is -4.61. The van der Waals surface area contributed by atoms with E-state index in [-0.39, 0.29) is 35.1 Å². The zero-order valence-corrected chi connectivity index (χ0v) is 22.5. The van der Waals surface area contributed by atoms with Gasteiger partial charge >= 0.3 is 12.4 Å². The predicted molar refractivity (Wildman–Crippen MR) is 141 cm³/mol. The molecule has 0 radical (unpaired) electrons. The maximum atomic E-state index is 14.9. The van der Waals surface area contributed by atoms with Crippen LogP contribution in [0.5, 0.6) is 11.5 Å². The summed E-state index contributed by atoms with van der Waals surface area (Å²) in [6.07, 6.45) is -10.4. The van der Waals surface area contributed by atoms with Crippen LogP contribution in [0, 0.1) is 11.6 Å². The molecule has 0 aliphatic heterocycles. The van der Waals surface area contributed by atoms with Crippen molar-refractivity contribution in [3.63, 3.8) is 0 Å². The predicted octanol–water partition coefficient (Wildman–Crippen LogP) is 7.94. The Morgan fingerprint density at radius 2 is 1.35 bits per heavy atom. The van der Waals surface area contributed by atoms with Gasteiger partial charge in [0.15, 0.2) is 11.5 Å². The largest absolute Gasteiger partial charge is 0.493 e. The molecule has 0 saturated carbocycles. The lowest BCUT2D eigenvalue weighted by atomic mass is 9.77. The first kappa shape index (κ1) is 31.3. The summed E-state index contributed by atoms with van der Waals surface area (Å²) < 4.78 is 121. The maximum absolute atomic E-state index is 14.9. The van der Waals surface area contributed by atoms with Crippen molar-refractivity contribution in [1.82, 2.24) is 5.32 Å². The standard InChI is InChI=1S/C31H23F8NO3/c1-42-26-11-9-20(16-27(26)43-2)29(17-18-6-4-3-5-7-18,21-13-22(30(34,35)36)15-23(32)14-21)40-28(41)19-8-10-25(33)24(12-19)31(37,38)39/h3-16H,17H2,1-2H3,(H,40,41). The number of amides is 1. The van der Waals surface area contributed by atoms with Crippen molar-refractivity contribution in [2.45, 2.75) is 24.3 Å². The Morgan fingerprint density at radius 1 is 0.698 bits per heavy atom. The molecule has 12 heteroatoms. The topological polar surface area (TPSA) is 47.6 Å². The molecule has 1 amide bonds. The lowest BCUT2D eigenvalue weighted by Crippen LogP contribution is -2.49. The van der Waals surface area contributed by atoms with Gasteiger partial charge in [-0.05, 0) is 65.2 Å². The quantitative estimate of drug-likeness (QED) is 0.207. The highest BCUT2D eigenvalue weighted by molar-refractivity contribution is 5.95. The fourth-order valence-corrected chi connectivity index (χ4v) is 4.71. The number of hydrogen-bond donors (Lipinski definition) is 1. The van der Waals surface area contributed by atoms with Crippen LogP contribution in [0.3, 0.4) is 0 Å². The van der Waals surface area contributed by atoms with Crippen LogP contribution in [0.2, 0.25) is 0 Å². The second-order valence-electron chi connectivity index (χ2n) is 9.51. The summed E-state index contributed by atoms with van der Waals surface area (Å²) >= 11 is 0. The smallest absolute Gasteiger partial charge is 0.419 e. The van der Waals surface area contributed by atoms with Crippen LogP contribution < -0.4 is 14.8 Å². The van der Waals surface area contributed by atoms with E-state index >= 15 is 0 Å². The van der Waals surface area contributed by atoms with Gasteiger partial charge in [0.1, 0.15) is 11.6 Å². The lowest BCUT2D eigenvalue weighted by molar-refractivity contribution is -0.140. The minimum atomic E-state index is -5.14. The molecule has 4 aromatic carbocycles. The summed E-state index contributed by atoms with van der Waals surface area (Å²) in [6.45, 7) is 0. The molecule has 1 atom stereocenters. The van der Waals surface area contributed by atoms with E-state index < -0.39 is 52.1 Å². The second kappa shape index (κ2) is 11.9. The normalized spacial score (nSPS) is 13.3. The number of alkyl halides is 6. The zero-order valence-electron chi connectivity index (χ0n) is 22.5. The minimum Gasteiger partial charge on any atom is -0.493 e. The number of halogens is 8. The molecule has 0 aliphatic rings. The van der Waals surface area contributed by atoms with Gasteiger partial charge in [0.25, 0.3) is 5.91 Å². The van der Waals surface area contributed by atoms with Crippen LogP contribution >= 0.6 is 0 Å². The van der Waals surface area contributed by atoms with E-state index in [9.17, 15) is 39.9 Å². The van der Waals surface area contributed by atoms with Gasteiger partial charge in [-0.1, -0.05) is 36.4 Å². The molecule has 0 saturated heterocycles.